The number of nitrogens with one attached hydrogen (secondary N) is 1. The Morgan fingerprint density at radius 3 is 2.06 bits per heavy atom. The van der Waals surface area contributed by atoms with E-state index in [2.05, 4.69) is 5.32 Å². The van der Waals surface area contributed by atoms with Crippen LogP contribution in [0.5, 0.6) is 11.5 Å². The summed E-state index contributed by atoms with van der Waals surface area (Å²) in [5, 5.41) is 23.4. The summed E-state index contributed by atoms with van der Waals surface area (Å²) >= 11 is 0. The van der Waals surface area contributed by atoms with E-state index in [0.29, 0.717) is 27.9 Å². The average molecular weight is 436 g/mol. The highest BCUT2D eigenvalue weighted by atomic mass is 16.3. The first-order valence-corrected chi connectivity index (χ1v) is 10.4. The molecule has 0 heterocycles. The molecule has 0 saturated heterocycles. The molecule has 1 aliphatic rings. The van der Waals surface area contributed by atoms with Crippen molar-refractivity contribution in [2.45, 2.75) is 6.42 Å². The van der Waals surface area contributed by atoms with Gasteiger partial charge in [-0.3, -0.25) is 9.59 Å². The number of anilines is 3. The van der Waals surface area contributed by atoms with Crippen molar-refractivity contribution in [3.63, 3.8) is 0 Å². The van der Waals surface area contributed by atoms with Crippen LogP contribution in [-0.2, 0) is 6.42 Å². The number of carbonyl (C=O) groups is 2. The van der Waals surface area contributed by atoms with Gasteiger partial charge in [0.25, 0.3) is 0 Å². The van der Waals surface area contributed by atoms with Crippen LogP contribution in [0.4, 0.5) is 17.1 Å². The fourth-order valence-corrected chi connectivity index (χ4v) is 4.21. The Kier molecular flexibility index (Phi) is 4.83. The van der Waals surface area contributed by atoms with Crippen LogP contribution in [0.2, 0.25) is 0 Å². The van der Waals surface area contributed by atoms with Crippen LogP contribution >= 0.6 is 0 Å². The first kappa shape index (κ1) is 20.3. The summed E-state index contributed by atoms with van der Waals surface area (Å²) in [6.45, 7) is 0. The smallest absolute Gasteiger partial charge is 0.196 e. The Hall–Kier alpha value is -4.58. The summed E-state index contributed by atoms with van der Waals surface area (Å²) < 4.78 is 0. The molecule has 0 amide bonds. The minimum Gasteiger partial charge on any atom is -0.508 e. The Labute approximate surface area is 189 Å². The summed E-state index contributed by atoms with van der Waals surface area (Å²) in [4.78, 5) is 26.9. The largest absolute Gasteiger partial charge is 0.508 e. The second kappa shape index (κ2) is 7.84. The van der Waals surface area contributed by atoms with Crippen LogP contribution < -0.4 is 11.1 Å². The lowest BCUT2D eigenvalue weighted by molar-refractivity contribution is 0.0980. The maximum atomic E-state index is 13.5. The number of hydrogen-bond donors (Lipinski definition) is 4. The highest BCUT2D eigenvalue weighted by Gasteiger charge is 2.34. The molecule has 4 aromatic rings. The number of nitrogen functional groups attached to an aromatic ring is 1. The Bertz CT molecular complexity index is 1430. The van der Waals surface area contributed by atoms with E-state index in [1.54, 1.807) is 30.3 Å². The summed E-state index contributed by atoms with van der Waals surface area (Å²) in [6, 6.07) is 22.0. The predicted octanol–water partition coefficient (Wildman–Crippen LogP) is 4.79. The lowest BCUT2D eigenvalue weighted by Gasteiger charge is -2.24. The highest BCUT2D eigenvalue weighted by molar-refractivity contribution is 6.32. The van der Waals surface area contributed by atoms with E-state index in [4.69, 9.17) is 5.73 Å². The second-order valence-corrected chi connectivity index (χ2v) is 7.93. The number of phenols is 2. The Balaban J connectivity index is 1.72. The van der Waals surface area contributed by atoms with Gasteiger partial charge in [-0.25, -0.2) is 0 Å². The van der Waals surface area contributed by atoms with Crippen LogP contribution in [0.1, 0.15) is 43.0 Å². The molecule has 0 fully saturated rings. The molecule has 0 atom stereocenters. The molecule has 5 N–H and O–H groups in total. The zero-order valence-corrected chi connectivity index (χ0v) is 17.5. The molecule has 0 aromatic heterocycles. The van der Waals surface area contributed by atoms with Gasteiger partial charge in [0.15, 0.2) is 11.6 Å². The number of hydrogen-bond acceptors (Lipinski definition) is 6. The molecule has 33 heavy (non-hydrogen) atoms. The number of ketones is 2. The van der Waals surface area contributed by atoms with E-state index in [1.165, 1.54) is 18.2 Å². The lowest BCUT2D eigenvalue weighted by Crippen LogP contribution is -2.24. The van der Waals surface area contributed by atoms with E-state index < -0.39 is 0 Å². The average Bonchev–Trinajstić information content (AvgIpc) is 2.82. The molecule has 5 rings (SSSR count). The van der Waals surface area contributed by atoms with Crippen LogP contribution in [0.15, 0.2) is 78.9 Å². The van der Waals surface area contributed by atoms with Gasteiger partial charge in [0.1, 0.15) is 11.5 Å². The van der Waals surface area contributed by atoms with Crippen molar-refractivity contribution < 1.29 is 19.8 Å². The standard InChI is InChI=1S/C27H20N2O4/c28-25-16(12-15-13-18(30)10-11-22(15)31)14-21(29-17-6-2-1-3-7-17)23-24(25)27(33)20-9-5-4-8-19(20)26(23)32/h1-11,13-14,29-31H,12,28H2. The van der Waals surface area contributed by atoms with Gasteiger partial charge in [0.2, 0.25) is 0 Å². The van der Waals surface area contributed by atoms with E-state index in [0.717, 1.165) is 5.69 Å². The van der Waals surface area contributed by atoms with Crippen LogP contribution in [-0.4, -0.2) is 21.8 Å². The summed E-state index contributed by atoms with van der Waals surface area (Å²) in [7, 11) is 0. The molecule has 1 aliphatic carbocycles. The van der Waals surface area contributed by atoms with E-state index in [9.17, 15) is 19.8 Å². The number of phenolic OH excluding ortho intramolecular Hbond substituents is 2. The van der Waals surface area contributed by atoms with E-state index in [1.807, 2.05) is 30.3 Å². The molecule has 0 unspecified atom stereocenters. The lowest BCUT2D eigenvalue weighted by atomic mass is 9.80. The molecule has 0 bridgehead atoms. The minimum atomic E-state index is -0.323. The summed E-state index contributed by atoms with van der Waals surface area (Å²) in [5.74, 6) is -0.606. The van der Waals surface area contributed by atoms with Crippen molar-refractivity contribution in [3.05, 3.63) is 112 Å². The first-order chi connectivity index (χ1) is 15.9. The minimum absolute atomic E-state index is 0.00199. The second-order valence-electron chi connectivity index (χ2n) is 7.93. The van der Waals surface area contributed by atoms with Crippen molar-refractivity contribution in [1.29, 1.82) is 0 Å². The molecule has 4 aromatic carbocycles. The van der Waals surface area contributed by atoms with Gasteiger partial charge in [-0.15, -0.1) is 0 Å². The van der Waals surface area contributed by atoms with Crippen LogP contribution in [0.25, 0.3) is 0 Å². The molecule has 0 aliphatic heterocycles. The van der Waals surface area contributed by atoms with Gasteiger partial charge in [-0.2, -0.15) is 0 Å². The van der Waals surface area contributed by atoms with E-state index in [-0.39, 0.29) is 46.3 Å². The molecule has 0 radical (unpaired) electrons. The number of aromatic hydroxyl groups is 2. The number of carbonyl (C=O) groups excluding carboxylic acids is 2. The van der Waals surface area contributed by atoms with Gasteiger partial charge in [-0.05, 0) is 42.0 Å². The maximum Gasteiger partial charge on any atom is 0.196 e. The predicted molar refractivity (Wildman–Crippen MR) is 126 cm³/mol. The van der Waals surface area contributed by atoms with Crippen molar-refractivity contribution in [1.82, 2.24) is 0 Å². The van der Waals surface area contributed by atoms with E-state index >= 15 is 0 Å². The Morgan fingerprint density at radius 2 is 1.36 bits per heavy atom. The normalized spacial score (nSPS) is 12.2. The molecular weight excluding hydrogens is 416 g/mol. The topological polar surface area (TPSA) is 113 Å². The molecular formula is C27H20N2O4. The number of rotatable bonds is 4. The molecule has 162 valence electrons. The molecule has 0 saturated carbocycles. The van der Waals surface area contributed by atoms with Gasteiger partial charge >= 0.3 is 0 Å². The maximum absolute atomic E-state index is 13.5. The SMILES string of the molecule is Nc1c(Cc2cc(O)ccc2O)cc(Nc2ccccc2)c2c1C(=O)c1ccccc1C2=O. The van der Waals surface area contributed by atoms with Crippen molar-refractivity contribution in [2.75, 3.05) is 11.1 Å². The van der Waals surface area contributed by atoms with Crippen LogP contribution in [0, 0.1) is 0 Å². The van der Waals surface area contributed by atoms with Crippen molar-refractivity contribution in [3.8, 4) is 11.5 Å². The van der Waals surface area contributed by atoms with Gasteiger partial charge in [0, 0.05) is 34.5 Å². The zero-order valence-electron chi connectivity index (χ0n) is 17.5. The highest BCUT2D eigenvalue weighted by Crippen LogP contribution is 2.40. The third-order valence-electron chi connectivity index (χ3n) is 5.82. The zero-order chi connectivity index (χ0) is 23.1. The van der Waals surface area contributed by atoms with Crippen molar-refractivity contribution in [2.24, 2.45) is 0 Å². The monoisotopic (exact) mass is 436 g/mol. The van der Waals surface area contributed by atoms with Gasteiger partial charge in [0.05, 0.1) is 16.8 Å². The van der Waals surface area contributed by atoms with Crippen molar-refractivity contribution >= 4 is 28.6 Å². The number of para-hydroxylation sites is 1. The van der Waals surface area contributed by atoms with Crippen LogP contribution in [0.3, 0.4) is 0 Å². The summed E-state index contributed by atoms with van der Waals surface area (Å²) in [6.07, 6.45) is 0.159. The first-order valence-electron chi connectivity index (χ1n) is 10.4. The number of benzene rings is 4. The third kappa shape index (κ3) is 3.47. The summed E-state index contributed by atoms with van der Waals surface area (Å²) in [5.41, 5.74) is 9.86. The molecule has 6 heteroatoms. The van der Waals surface area contributed by atoms with Gasteiger partial charge < -0.3 is 21.3 Å². The number of fused-ring (bicyclic) bond motifs is 2. The fraction of sp³-hybridized carbons (Fsp3) is 0.0370. The quantitative estimate of drug-likeness (QED) is 0.238. The third-order valence-corrected chi connectivity index (χ3v) is 5.82. The Morgan fingerprint density at radius 1 is 0.727 bits per heavy atom. The van der Waals surface area contributed by atoms with Gasteiger partial charge in [-0.1, -0.05) is 42.5 Å². The molecule has 6 nitrogen and oxygen atoms in total. The number of nitrogens with two attached hydrogens (primary N) is 1. The molecule has 0 spiro atoms. The fourth-order valence-electron chi connectivity index (χ4n) is 4.21.